The average molecular weight is 363 g/mol. The number of carboxylic acid groups (broad SMARTS) is 1. The minimum Gasteiger partial charge on any atom is -0.465 e. The lowest BCUT2D eigenvalue weighted by molar-refractivity contribution is 0.202. The molecule has 0 saturated carbocycles. The summed E-state index contributed by atoms with van der Waals surface area (Å²) in [4.78, 5) is 24.7. The van der Waals surface area contributed by atoms with Crippen LogP contribution in [0.3, 0.4) is 0 Å². The molecule has 3 rings (SSSR count). The van der Waals surface area contributed by atoms with Gasteiger partial charge in [0.1, 0.15) is 0 Å². The van der Waals surface area contributed by atoms with Crippen molar-refractivity contribution in [3.05, 3.63) is 62.7 Å². The average Bonchev–Trinajstić information content (AvgIpc) is 2.84. The van der Waals surface area contributed by atoms with Gasteiger partial charge in [-0.05, 0) is 42.8 Å². The molecule has 3 aromatic rings. The molecule has 0 radical (unpaired) electrons. The maximum atomic E-state index is 12.3. The summed E-state index contributed by atoms with van der Waals surface area (Å²) in [5, 5.41) is 9.82. The molecule has 0 fully saturated rings. The Morgan fingerprint density at radius 3 is 2.79 bits per heavy atom. The maximum absolute atomic E-state index is 12.3. The number of amides is 1. The molecule has 0 aliphatic heterocycles. The fraction of sp³-hybridized carbons (Fsp3) is 0.176. The van der Waals surface area contributed by atoms with Crippen molar-refractivity contribution in [1.29, 1.82) is 0 Å². The number of carbonyl (C=O) groups is 1. The standard InChI is InChI=1S/C17H15ClN2O3S/c1-2-19(16(21)22)13-5-3-4-11(8-13)10-20-14-9-12(18)6-7-15(14)24-17(20)23/h3-9H,2,10H2,1H3,(H,21,22). The van der Waals surface area contributed by atoms with Crippen molar-refractivity contribution in [1.82, 2.24) is 4.57 Å². The largest absolute Gasteiger partial charge is 0.465 e. The zero-order valence-electron chi connectivity index (χ0n) is 12.9. The van der Waals surface area contributed by atoms with Crippen molar-refractivity contribution in [2.45, 2.75) is 13.5 Å². The van der Waals surface area contributed by atoms with E-state index in [1.54, 1.807) is 41.8 Å². The van der Waals surface area contributed by atoms with Gasteiger partial charge in [0.2, 0.25) is 0 Å². The van der Waals surface area contributed by atoms with Gasteiger partial charge in [0.25, 0.3) is 0 Å². The minimum atomic E-state index is -1.00. The molecule has 1 heterocycles. The van der Waals surface area contributed by atoms with E-state index >= 15 is 0 Å². The van der Waals surface area contributed by atoms with Gasteiger partial charge in [-0.2, -0.15) is 0 Å². The molecule has 0 spiro atoms. The third-order valence-corrected chi connectivity index (χ3v) is 4.93. The van der Waals surface area contributed by atoms with E-state index in [-0.39, 0.29) is 4.87 Å². The van der Waals surface area contributed by atoms with Crippen LogP contribution in [-0.2, 0) is 6.54 Å². The molecule has 0 saturated heterocycles. The fourth-order valence-electron chi connectivity index (χ4n) is 2.62. The molecule has 7 heteroatoms. The van der Waals surface area contributed by atoms with Gasteiger partial charge in [0, 0.05) is 17.3 Å². The number of aromatic nitrogens is 1. The van der Waals surface area contributed by atoms with Crippen molar-refractivity contribution in [3.63, 3.8) is 0 Å². The van der Waals surface area contributed by atoms with Gasteiger partial charge in [-0.1, -0.05) is 35.1 Å². The zero-order chi connectivity index (χ0) is 17.3. The second-order valence-electron chi connectivity index (χ2n) is 5.26. The molecule has 0 aliphatic carbocycles. The summed E-state index contributed by atoms with van der Waals surface area (Å²) in [5.74, 6) is 0. The van der Waals surface area contributed by atoms with Crippen LogP contribution >= 0.6 is 22.9 Å². The Hall–Kier alpha value is -2.31. The molecular weight excluding hydrogens is 348 g/mol. The topological polar surface area (TPSA) is 62.5 Å². The van der Waals surface area contributed by atoms with Gasteiger partial charge in [0.05, 0.1) is 16.8 Å². The molecular formula is C17H15ClN2O3S. The number of hydrogen-bond acceptors (Lipinski definition) is 3. The predicted octanol–water partition coefficient (Wildman–Crippen LogP) is 4.27. The summed E-state index contributed by atoms with van der Waals surface area (Å²) >= 11 is 7.21. The Labute approximate surface area is 147 Å². The van der Waals surface area contributed by atoms with Crippen LogP contribution in [0.15, 0.2) is 47.3 Å². The van der Waals surface area contributed by atoms with Gasteiger partial charge in [-0.3, -0.25) is 14.3 Å². The highest BCUT2D eigenvalue weighted by molar-refractivity contribution is 7.16. The molecule has 0 unspecified atom stereocenters. The van der Waals surface area contributed by atoms with Crippen LogP contribution in [0.1, 0.15) is 12.5 Å². The van der Waals surface area contributed by atoms with E-state index in [1.165, 1.54) is 16.2 Å². The first kappa shape index (κ1) is 16.5. The van der Waals surface area contributed by atoms with Crippen LogP contribution < -0.4 is 9.77 Å². The SMILES string of the molecule is CCN(C(=O)O)c1cccc(Cn2c(=O)sc3ccc(Cl)cc32)c1. The second kappa shape index (κ2) is 6.67. The van der Waals surface area contributed by atoms with E-state index in [2.05, 4.69) is 0 Å². The van der Waals surface area contributed by atoms with Crippen molar-refractivity contribution < 1.29 is 9.90 Å². The first-order valence-corrected chi connectivity index (χ1v) is 8.57. The number of fused-ring (bicyclic) bond motifs is 1. The van der Waals surface area contributed by atoms with Crippen molar-refractivity contribution in [2.24, 2.45) is 0 Å². The number of halogens is 1. The molecule has 0 aliphatic rings. The van der Waals surface area contributed by atoms with Gasteiger partial charge in [-0.15, -0.1) is 0 Å². The summed E-state index contributed by atoms with van der Waals surface area (Å²) < 4.78 is 2.53. The van der Waals surface area contributed by atoms with Crippen LogP contribution in [0.25, 0.3) is 10.2 Å². The first-order valence-electron chi connectivity index (χ1n) is 7.38. The Bertz CT molecular complexity index is 964. The Morgan fingerprint density at radius 2 is 2.08 bits per heavy atom. The summed E-state index contributed by atoms with van der Waals surface area (Å²) in [5.41, 5.74) is 2.23. The summed E-state index contributed by atoms with van der Waals surface area (Å²) in [6.45, 7) is 2.50. The monoisotopic (exact) mass is 362 g/mol. The third-order valence-electron chi connectivity index (χ3n) is 3.74. The number of benzene rings is 2. The van der Waals surface area contributed by atoms with Crippen molar-refractivity contribution >= 4 is 44.9 Å². The number of nitrogens with zero attached hydrogens (tertiary/aromatic N) is 2. The smallest absolute Gasteiger partial charge is 0.411 e. The summed E-state index contributed by atoms with van der Waals surface area (Å²) in [6, 6.07) is 12.6. The zero-order valence-corrected chi connectivity index (χ0v) is 14.5. The quantitative estimate of drug-likeness (QED) is 0.753. The Balaban J connectivity index is 2.00. The maximum Gasteiger partial charge on any atom is 0.411 e. The van der Waals surface area contributed by atoms with E-state index in [0.29, 0.717) is 23.8 Å². The molecule has 0 bridgehead atoms. The van der Waals surface area contributed by atoms with E-state index in [0.717, 1.165) is 15.8 Å². The highest BCUT2D eigenvalue weighted by Crippen LogP contribution is 2.23. The van der Waals surface area contributed by atoms with E-state index in [4.69, 9.17) is 11.6 Å². The van der Waals surface area contributed by atoms with Crippen molar-refractivity contribution in [2.75, 3.05) is 11.4 Å². The van der Waals surface area contributed by atoms with Crippen LogP contribution in [0.4, 0.5) is 10.5 Å². The number of hydrogen-bond donors (Lipinski definition) is 1. The molecule has 24 heavy (non-hydrogen) atoms. The lowest BCUT2D eigenvalue weighted by Crippen LogP contribution is -2.28. The second-order valence-corrected chi connectivity index (χ2v) is 6.69. The predicted molar refractivity (Wildman–Crippen MR) is 97.7 cm³/mol. The van der Waals surface area contributed by atoms with Crippen LogP contribution in [-0.4, -0.2) is 22.3 Å². The minimum absolute atomic E-state index is 0.0664. The Kier molecular flexibility index (Phi) is 4.59. The normalized spacial score (nSPS) is 10.9. The highest BCUT2D eigenvalue weighted by atomic mass is 35.5. The van der Waals surface area contributed by atoms with Gasteiger partial charge in [0.15, 0.2) is 0 Å². The third kappa shape index (κ3) is 3.16. The highest BCUT2D eigenvalue weighted by Gasteiger charge is 2.13. The fourth-order valence-corrected chi connectivity index (χ4v) is 3.66. The van der Waals surface area contributed by atoms with Crippen LogP contribution in [0, 0.1) is 0 Å². The Morgan fingerprint density at radius 1 is 1.29 bits per heavy atom. The lowest BCUT2D eigenvalue weighted by atomic mass is 10.2. The molecule has 0 atom stereocenters. The number of anilines is 1. The van der Waals surface area contributed by atoms with E-state index < -0.39 is 6.09 Å². The van der Waals surface area contributed by atoms with Crippen LogP contribution in [0.5, 0.6) is 0 Å². The van der Waals surface area contributed by atoms with E-state index in [9.17, 15) is 14.7 Å². The first-order chi connectivity index (χ1) is 11.5. The molecule has 124 valence electrons. The molecule has 1 amide bonds. The van der Waals surface area contributed by atoms with Gasteiger partial charge >= 0.3 is 11.0 Å². The summed E-state index contributed by atoms with van der Waals surface area (Å²) in [6.07, 6.45) is -1.00. The molecule has 1 N–H and O–H groups in total. The van der Waals surface area contributed by atoms with Crippen LogP contribution in [0.2, 0.25) is 5.02 Å². The molecule has 1 aromatic heterocycles. The van der Waals surface area contributed by atoms with Crippen molar-refractivity contribution in [3.8, 4) is 0 Å². The van der Waals surface area contributed by atoms with Gasteiger partial charge in [-0.25, -0.2) is 4.79 Å². The number of thiazole rings is 1. The van der Waals surface area contributed by atoms with Gasteiger partial charge < -0.3 is 5.11 Å². The lowest BCUT2D eigenvalue weighted by Gasteiger charge is -2.18. The molecule has 5 nitrogen and oxygen atoms in total. The molecule has 2 aromatic carbocycles. The number of rotatable bonds is 4. The van der Waals surface area contributed by atoms with E-state index in [1.807, 2.05) is 12.1 Å². The summed E-state index contributed by atoms with van der Waals surface area (Å²) in [7, 11) is 0.